The molecule has 2 aromatic carbocycles. The Morgan fingerprint density at radius 2 is 1.54 bits per heavy atom. The van der Waals surface area contributed by atoms with Crippen LogP contribution in [-0.2, 0) is 10.0 Å². The first kappa shape index (κ1) is 15.8. The van der Waals surface area contributed by atoms with Crippen LogP contribution in [0.15, 0.2) is 47.4 Å². The number of carbonyl (C=O) groups excluding carboxylic acids is 2. The summed E-state index contributed by atoms with van der Waals surface area (Å²) in [6, 6.07) is 8.23. The standard InChI is InChI=1S/C14H9N3O6S/c15-24(22,23)10-4-1-8(2-5-10)16-13(18)11-6-3-9(17(20)21)7-12(11)14(16)19/h1-7H,(H2,15,22,23). The van der Waals surface area contributed by atoms with E-state index in [4.69, 9.17) is 5.14 Å². The zero-order chi connectivity index (χ0) is 17.6. The maximum atomic E-state index is 12.4. The van der Waals surface area contributed by atoms with Gasteiger partial charge < -0.3 is 0 Å². The van der Waals surface area contributed by atoms with Crippen LogP contribution in [0.5, 0.6) is 0 Å². The minimum absolute atomic E-state index is 0.0427. The summed E-state index contributed by atoms with van der Waals surface area (Å²) in [6.07, 6.45) is 0. The normalized spacial score (nSPS) is 14.0. The van der Waals surface area contributed by atoms with E-state index in [2.05, 4.69) is 0 Å². The molecule has 1 aliphatic heterocycles. The fourth-order valence-corrected chi connectivity index (χ4v) is 2.88. The van der Waals surface area contributed by atoms with Gasteiger partial charge in [0, 0.05) is 12.1 Å². The van der Waals surface area contributed by atoms with E-state index in [9.17, 15) is 28.1 Å². The van der Waals surface area contributed by atoms with E-state index in [-0.39, 0.29) is 27.4 Å². The molecular formula is C14H9N3O6S. The summed E-state index contributed by atoms with van der Waals surface area (Å²) in [4.78, 5) is 35.6. The molecular weight excluding hydrogens is 338 g/mol. The zero-order valence-electron chi connectivity index (χ0n) is 11.9. The van der Waals surface area contributed by atoms with Crippen molar-refractivity contribution >= 4 is 33.2 Å². The van der Waals surface area contributed by atoms with Crippen molar-refractivity contribution in [1.29, 1.82) is 0 Å². The number of imide groups is 1. The Hall–Kier alpha value is -3.11. The van der Waals surface area contributed by atoms with Crippen LogP contribution in [-0.4, -0.2) is 25.2 Å². The van der Waals surface area contributed by atoms with Crippen molar-refractivity contribution in [3.05, 3.63) is 63.7 Å². The van der Waals surface area contributed by atoms with Gasteiger partial charge in [0.25, 0.3) is 17.5 Å². The molecule has 24 heavy (non-hydrogen) atoms. The number of sulfonamides is 1. The van der Waals surface area contributed by atoms with E-state index in [1.807, 2.05) is 0 Å². The van der Waals surface area contributed by atoms with E-state index in [0.29, 0.717) is 0 Å². The predicted molar refractivity (Wildman–Crippen MR) is 82.1 cm³/mol. The van der Waals surface area contributed by atoms with Crippen molar-refractivity contribution in [2.24, 2.45) is 5.14 Å². The van der Waals surface area contributed by atoms with Crippen molar-refractivity contribution < 1.29 is 22.9 Å². The summed E-state index contributed by atoms with van der Waals surface area (Å²) in [5.74, 6) is -1.37. The number of primary sulfonamides is 1. The monoisotopic (exact) mass is 347 g/mol. The minimum atomic E-state index is -3.90. The van der Waals surface area contributed by atoms with Gasteiger partial charge in [0.15, 0.2) is 0 Å². The quantitative estimate of drug-likeness (QED) is 0.499. The Bertz CT molecular complexity index is 998. The highest BCUT2D eigenvalue weighted by atomic mass is 32.2. The molecule has 0 aromatic heterocycles. The molecule has 3 rings (SSSR count). The van der Waals surface area contributed by atoms with Crippen molar-refractivity contribution in [2.75, 3.05) is 4.90 Å². The molecule has 1 heterocycles. The number of anilines is 1. The maximum absolute atomic E-state index is 12.4. The van der Waals surface area contributed by atoms with Crippen LogP contribution in [0.2, 0.25) is 0 Å². The number of non-ortho nitro benzene ring substituents is 1. The Labute approximate surface area is 135 Å². The van der Waals surface area contributed by atoms with Crippen LogP contribution < -0.4 is 10.0 Å². The van der Waals surface area contributed by atoms with Gasteiger partial charge in [0.05, 0.1) is 26.6 Å². The molecule has 0 spiro atoms. The topological polar surface area (TPSA) is 141 Å². The molecule has 0 bridgehead atoms. The van der Waals surface area contributed by atoms with E-state index >= 15 is 0 Å². The number of benzene rings is 2. The van der Waals surface area contributed by atoms with Gasteiger partial charge in [-0.15, -0.1) is 0 Å². The molecule has 10 heteroatoms. The Morgan fingerprint density at radius 3 is 2.08 bits per heavy atom. The number of nitro groups is 1. The number of hydrogen-bond donors (Lipinski definition) is 1. The van der Waals surface area contributed by atoms with Crippen molar-refractivity contribution in [2.45, 2.75) is 4.90 Å². The van der Waals surface area contributed by atoms with E-state index in [0.717, 1.165) is 29.2 Å². The highest BCUT2D eigenvalue weighted by molar-refractivity contribution is 7.89. The predicted octanol–water partition coefficient (Wildman–Crippen LogP) is 1.04. The second kappa shape index (κ2) is 5.22. The van der Waals surface area contributed by atoms with E-state index < -0.39 is 26.8 Å². The zero-order valence-corrected chi connectivity index (χ0v) is 12.7. The smallest absolute Gasteiger partial charge is 0.268 e. The van der Waals surface area contributed by atoms with Crippen molar-refractivity contribution in [3.63, 3.8) is 0 Å². The number of nitro benzene ring substituents is 1. The largest absolute Gasteiger partial charge is 0.270 e. The second-order valence-corrected chi connectivity index (χ2v) is 6.53. The lowest BCUT2D eigenvalue weighted by molar-refractivity contribution is -0.384. The summed E-state index contributed by atoms with van der Waals surface area (Å²) in [6.45, 7) is 0. The first-order chi connectivity index (χ1) is 11.2. The average molecular weight is 347 g/mol. The van der Waals surface area contributed by atoms with Crippen LogP contribution in [0.1, 0.15) is 20.7 Å². The van der Waals surface area contributed by atoms with Crippen LogP contribution in [0.4, 0.5) is 11.4 Å². The molecule has 0 unspecified atom stereocenters. The lowest BCUT2D eigenvalue weighted by atomic mass is 10.1. The second-order valence-electron chi connectivity index (χ2n) is 4.97. The van der Waals surface area contributed by atoms with Crippen LogP contribution in [0.3, 0.4) is 0 Å². The fraction of sp³-hybridized carbons (Fsp3) is 0. The van der Waals surface area contributed by atoms with Crippen molar-refractivity contribution in [3.8, 4) is 0 Å². The van der Waals surface area contributed by atoms with Gasteiger partial charge in [-0.2, -0.15) is 0 Å². The number of nitrogens with zero attached hydrogens (tertiary/aromatic N) is 2. The number of rotatable bonds is 3. The lowest BCUT2D eigenvalue weighted by Crippen LogP contribution is -2.29. The summed E-state index contributed by atoms with van der Waals surface area (Å²) in [5.41, 5.74) is -0.205. The number of hydrogen-bond acceptors (Lipinski definition) is 6. The van der Waals surface area contributed by atoms with Gasteiger partial charge in [0.2, 0.25) is 10.0 Å². The molecule has 122 valence electrons. The van der Waals surface area contributed by atoms with Crippen LogP contribution in [0.25, 0.3) is 0 Å². The molecule has 2 N–H and O–H groups in total. The molecule has 0 saturated heterocycles. The van der Waals surface area contributed by atoms with Gasteiger partial charge in [-0.05, 0) is 30.3 Å². The first-order valence-electron chi connectivity index (χ1n) is 6.50. The van der Waals surface area contributed by atoms with Gasteiger partial charge >= 0.3 is 0 Å². The summed E-state index contributed by atoms with van der Waals surface area (Å²) < 4.78 is 22.5. The van der Waals surface area contributed by atoms with Crippen molar-refractivity contribution in [1.82, 2.24) is 0 Å². The lowest BCUT2D eigenvalue weighted by Gasteiger charge is -2.13. The maximum Gasteiger partial charge on any atom is 0.270 e. The van der Waals surface area contributed by atoms with Crippen LogP contribution in [0, 0.1) is 10.1 Å². The van der Waals surface area contributed by atoms with Crippen LogP contribution >= 0.6 is 0 Å². The summed E-state index contributed by atoms with van der Waals surface area (Å²) in [5, 5.41) is 15.8. The molecule has 2 amide bonds. The molecule has 1 aliphatic rings. The Balaban J connectivity index is 2.03. The Morgan fingerprint density at radius 1 is 0.958 bits per heavy atom. The third-order valence-electron chi connectivity index (χ3n) is 3.50. The number of carbonyl (C=O) groups is 2. The molecule has 0 atom stereocenters. The van der Waals surface area contributed by atoms with E-state index in [1.54, 1.807) is 0 Å². The van der Waals surface area contributed by atoms with Gasteiger partial charge in [0.1, 0.15) is 0 Å². The SMILES string of the molecule is NS(=O)(=O)c1ccc(N2C(=O)c3ccc([N+](=O)[O-])cc3C2=O)cc1. The van der Waals surface area contributed by atoms with E-state index in [1.165, 1.54) is 18.2 Å². The highest BCUT2D eigenvalue weighted by Gasteiger charge is 2.37. The summed E-state index contributed by atoms with van der Waals surface area (Å²) >= 11 is 0. The number of fused-ring (bicyclic) bond motifs is 1. The number of nitrogens with two attached hydrogens (primary N) is 1. The minimum Gasteiger partial charge on any atom is -0.268 e. The summed E-state index contributed by atoms with van der Waals surface area (Å²) in [7, 11) is -3.90. The molecule has 0 aliphatic carbocycles. The first-order valence-corrected chi connectivity index (χ1v) is 8.05. The molecule has 9 nitrogen and oxygen atoms in total. The molecule has 0 saturated carbocycles. The fourth-order valence-electron chi connectivity index (χ4n) is 2.36. The van der Waals surface area contributed by atoms with Gasteiger partial charge in [-0.25, -0.2) is 18.5 Å². The number of amides is 2. The third-order valence-corrected chi connectivity index (χ3v) is 4.43. The molecule has 0 radical (unpaired) electrons. The average Bonchev–Trinajstić information content (AvgIpc) is 2.77. The molecule has 2 aromatic rings. The van der Waals surface area contributed by atoms with Gasteiger partial charge in [-0.1, -0.05) is 0 Å². The Kier molecular flexibility index (Phi) is 3.43. The third kappa shape index (κ3) is 2.43. The highest BCUT2D eigenvalue weighted by Crippen LogP contribution is 2.31. The molecule has 0 fully saturated rings. The van der Waals surface area contributed by atoms with Gasteiger partial charge in [-0.3, -0.25) is 19.7 Å².